The Hall–Kier alpha value is -2.20. The highest BCUT2D eigenvalue weighted by molar-refractivity contribution is 6.31. The Kier molecular flexibility index (Phi) is 4.70. The van der Waals surface area contributed by atoms with E-state index < -0.39 is 0 Å². The van der Waals surface area contributed by atoms with Crippen LogP contribution >= 0.6 is 11.6 Å². The molecule has 0 saturated heterocycles. The van der Waals surface area contributed by atoms with Gasteiger partial charge in [0.1, 0.15) is 0 Å². The molecule has 2 aromatic rings. The van der Waals surface area contributed by atoms with Gasteiger partial charge in [-0.05, 0) is 36.2 Å². The summed E-state index contributed by atoms with van der Waals surface area (Å²) in [5, 5.41) is 12.5. The number of oxime groups is 1. The molecule has 2 rings (SSSR count). The minimum atomic E-state index is 0.0455. The SMILES string of the molecule is Cc1ccccc1CN(C)c1ccc(Cl)cc1C(N)=NO. The highest BCUT2D eigenvalue weighted by Crippen LogP contribution is 2.25. The number of anilines is 1. The lowest BCUT2D eigenvalue weighted by Crippen LogP contribution is -2.23. The van der Waals surface area contributed by atoms with Crippen LogP contribution < -0.4 is 10.6 Å². The summed E-state index contributed by atoms with van der Waals surface area (Å²) in [7, 11) is 1.96. The molecule has 0 aliphatic rings. The van der Waals surface area contributed by atoms with E-state index in [4.69, 9.17) is 22.5 Å². The normalized spacial score (nSPS) is 11.5. The second-order valence-corrected chi connectivity index (χ2v) is 5.37. The van der Waals surface area contributed by atoms with Gasteiger partial charge in [0.15, 0.2) is 5.84 Å². The van der Waals surface area contributed by atoms with Gasteiger partial charge in [-0.25, -0.2) is 0 Å². The van der Waals surface area contributed by atoms with E-state index >= 15 is 0 Å². The minimum absolute atomic E-state index is 0.0455. The standard InChI is InChI=1S/C16H18ClN3O/c1-11-5-3-4-6-12(11)10-20(2)15-8-7-13(17)9-14(15)16(18)19-21/h3-9,21H,10H2,1-2H3,(H2,18,19). The third-order valence-corrected chi connectivity index (χ3v) is 3.66. The highest BCUT2D eigenvalue weighted by atomic mass is 35.5. The quantitative estimate of drug-likeness (QED) is 0.394. The highest BCUT2D eigenvalue weighted by Gasteiger charge is 2.13. The third kappa shape index (κ3) is 3.47. The number of hydrogen-bond donors (Lipinski definition) is 2. The molecule has 5 heteroatoms. The number of rotatable bonds is 4. The van der Waals surface area contributed by atoms with Crippen LogP contribution in [0.4, 0.5) is 5.69 Å². The Balaban J connectivity index is 2.35. The fourth-order valence-electron chi connectivity index (χ4n) is 2.23. The van der Waals surface area contributed by atoms with Gasteiger partial charge in [-0.3, -0.25) is 0 Å². The van der Waals surface area contributed by atoms with Crippen LogP contribution in [0.3, 0.4) is 0 Å². The molecular formula is C16H18ClN3O. The van der Waals surface area contributed by atoms with Crippen LogP contribution in [-0.2, 0) is 6.54 Å². The van der Waals surface area contributed by atoms with Gasteiger partial charge in [0.25, 0.3) is 0 Å². The number of aryl methyl sites for hydroxylation is 1. The van der Waals surface area contributed by atoms with Gasteiger partial charge in [-0.2, -0.15) is 0 Å². The number of nitrogens with zero attached hydrogens (tertiary/aromatic N) is 2. The fraction of sp³-hybridized carbons (Fsp3) is 0.188. The molecule has 0 heterocycles. The first-order chi connectivity index (χ1) is 10.0. The van der Waals surface area contributed by atoms with Crippen LogP contribution in [0.5, 0.6) is 0 Å². The summed E-state index contributed by atoms with van der Waals surface area (Å²) < 4.78 is 0. The van der Waals surface area contributed by atoms with Crippen LogP contribution in [0, 0.1) is 6.92 Å². The molecule has 0 unspecified atom stereocenters. The van der Waals surface area contributed by atoms with Gasteiger partial charge in [0, 0.05) is 29.9 Å². The maximum atomic E-state index is 8.92. The lowest BCUT2D eigenvalue weighted by atomic mass is 10.1. The maximum absolute atomic E-state index is 8.92. The van der Waals surface area contributed by atoms with E-state index in [0.717, 1.165) is 12.2 Å². The molecule has 0 atom stereocenters. The largest absolute Gasteiger partial charge is 0.409 e. The number of halogens is 1. The van der Waals surface area contributed by atoms with E-state index in [0.29, 0.717) is 10.6 Å². The molecule has 0 aliphatic carbocycles. The van der Waals surface area contributed by atoms with Crippen molar-refractivity contribution in [3.63, 3.8) is 0 Å². The number of amidine groups is 1. The first kappa shape index (κ1) is 15.2. The van der Waals surface area contributed by atoms with Crippen LogP contribution in [0.1, 0.15) is 16.7 Å². The second-order valence-electron chi connectivity index (χ2n) is 4.93. The Labute approximate surface area is 129 Å². The van der Waals surface area contributed by atoms with E-state index in [1.165, 1.54) is 11.1 Å². The summed E-state index contributed by atoms with van der Waals surface area (Å²) in [6.45, 7) is 2.80. The fourth-order valence-corrected chi connectivity index (χ4v) is 2.40. The molecule has 4 nitrogen and oxygen atoms in total. The molecule has 0 bridgehead atoms. The maximum Gasteiger partial charge on any atom is 0.172 e. The molecule has 2 aromatic carbocycles. The summed E-state index contributed by atoms with van der Waals surface area (Å²) >= 11 is 6.00. The van der Waals surface area contributed by atoms with Crippen molar-refractivity contribution >= 4 is 23.1 Å². The predicted molar refractivity (Wildman–Crippen MR) is 87.2 cm³/mol. The lowest BCUT2D eigenvalue weighted by Gasteiger charge is -2.23. The van der Waals surface area contributed by atoms with Gasteiger partial charge < -0.3 is 15.8 Å². The first-order valence-corrected chi connectivity index (χ1v) is 6.94. The third-order valence-electron chi connectivity index (χ3n) is 3.42. The van der Waals surface area contributed by atoms with Crippen molar-refractivity contribution in [2.24, 2.45) is 10.9 Å². The average Bonchev–Trinajstić information content (AvgIpc) is 2.48. The number of nitrogens with two attached hydrogens (primary N) is 1. The summed E-state index contributed by atoms with van der Waals surface area (Å²) in [6, 6.07) is 13.6. The van der Waals surface area contributed by atoms with Gasteiger partial charge in [0.2, 0.25) is 0 Å². The predicted octanol–water partition coefficient (Wildman–Crippen LogP) is 3.38. The van der Waals surface area contributed by atoms with E-state index in [1.807, 2.05) is 30.1 Å². The van der Waals surface area contributed by atoms with Crippen molar-refractivity contribution in [1.29, 1.82) is 0 Å². The number of benzene rings is 2. The van der Waals surface area contributed by atoms with Crippen molar-refractivity contribution in [3.8, 4) is 0 Å². The molecule has 0 saturated carbocycles. The molecule has 0 radical (unpaired) electrons. The van der Waals surface area contributed by atoms with E-state index in [2.05, 4.69) is 24.2 Å². The molecule has 0 amide bonds. The monoisotopic (exact) mass is 303 g/mol. The Morgan fingerprint density at radius 2 is 2.00 bits per heavy atom. The van der Waals surface area contributed by atoms with Crippen LogP contribution in [0.2, 0.25) is 5.02 Å². The van der Waals surface area contributed by atoms with Gasteiger partial charge in [-0.1, -0.05) is 41.0 Å². The first-order valence-electron chi connectivity index (χ1n) is 6.56. The summed E-state index contributed by atoms with van der Waals surface area (Å²) in [6.07, 6.45) is 0. The summed E-state index contributed by atoms with van der Waals surface area (Å²) in [5.41, 5.74) is 9.66. The van der Waals surface area contributed by atoms with Crippen LogP contribution in [0.15, 0.2) is 47.6 Å². The van der Waals surface area contributed by atoms with E-state index in [9.17, 15) is 0 Å². The van der Waals surface area contributed by atoms with E-state index in [1.54, 1.807) is 12.1 Å². The zero-order valence-electron chi connectivity index (χ0n) is 12.0. The molecular weight excluding hydrogens is 286 g/mol. The van der Waals surface area contributed by atoms with Crippen molar-refractivity contribution in [2.75, 3.05) is 11.9 Å². The minimum Gasteiger partial charge on any atom is -0.409 e. The van der Waals surface area contributed by atoms with Crippen molar-refractivity contribution in [1.82, 2.24) is 0 Å². The van der Waals surface area contributed by atoms with Gasteiger partial charge >= 0.3 is 0 Å². The van der Waals surface area contributed by atoms with Crippen LogP contribution in [-0.4, -0.2) is 18.1 Å². The topological polar surface area (TPSA) is 61.8 Å². The molecule has 0 aromatic heterocycles. The van der Waals surface area contributed by atoms with Gasteiger partial charge in [0.05, 0.1) is 0 Å². The molecule has 0 spiro atoms. The van der Waals surface area contributed by atoms with Crippen molar-refractivity contribution < 1.29 is 5.21 Å². The van der Waals surface area contributed by atoms with Gasteiger partial charge in [-0.15, -0.1) is 0 Å². The molecule has 110 valence electrons. The Morgan fingerprint density at radius 3 is 2.67 bits per heavy atom. The zero-order valence-corrected chi connectivity index (χ0v) is 12.8. The Bertz CT molecular complexity index is 670. The van der Waals surface area contributed by atoms with Crippen molar-refractivity contribution in [2.45, 2.75) is 13.5 Å². The Morgan fingerprint density at radius 1 is 1.29 bits per heavy atom. The lowest BCUT2D eigenvalue weighted by molar-refractivity contribution is 0.318. The van der Waals surface area contributed by atoms with Crippen LogP contribution in [0.25, 0.3) is 0 Å². The zero-order chi connectivity index (χ0) is 15.4. The second kappa shape index (κ2) is 6.50. The van der Waals surface area contributed by atoms with Crippen molar-refractivity contribution in [3.05, 3.63) is 64.2 Å². The van der Waals surface area contributed by atoms with E-state index in [-0.39, 0.29) is 5.84 Å². The molecule has 0 fully saturated rings. The molecule has 3 N–H and O–H groups in total. The summed E-state index contributed by atoms with van der Waals surface area (Å²) in [4.78, 5) is 2.05. The molecule has 0 aliphatic heterocycles. The smallest absolute Gasteiger partial charge is 0.172 e. The molecule has 21 heavy (non-hydrogen) atoms. The summed E-state index contributed by atoms with van der Waals surface area (Å²) in [5.74, 6) is 0.0455. The average molecular weight is 304 g/mol. The number of hydrogen-bond acceptors (Lipinski definition) is 3.